The number of aromatic nitrogens is 1. The molecule has 214 valence electrons. The molecule has 9 heteroatoms. The van der Waals surface area contributed by atoms with Crippen LogP contribution in [0.4, 0.5) is 5.00 Å². The molecule has 4 aromatic rings. The average molecular weight is 574 g/mol. The molecule has 4 rings (SSSR count). The van der Waals surface area contributed by atoms with Crippen molar-refractivity contribution in [1.29, 1.82) is 0 Å². The van der Waals surface area contributed by atoms with Crippen LogP contribution in [0.2, 0.25) is 0 Å². The number of amides is 2. The molecule has 0 saturated carbocycles. The number of rotatable bonds is 10. The summed E-state index contributed by atoms with van der Waals surface area (Å²) in [6.07, 6.45) is -0.368. The molecule has 0 aliphatic rings. The van der Waals surface area contributed by atoms with Crippen LogP contribution in [0, 0.1) is 6.92 Å². The van der Waals surface area contributed by atoms with Gasteiger partial charge in [-0.15, -0.1) is 11.3 Å². The number of ether oxygens (including phenoxy) is 2. The van der Waals surface area contributed by atoms with Crippen molar-refractivity contribution in [2.75, 3.05) is 25.0 Å². The van der Waals surface area contributed by atoms with Gasteiger partial charge in [0.15, 0.2) is 0 Å². The second-order valence-corrected chi connectivity index (χ2v) is 10.7. The predicted molar refractivity (Wildman–Crippen MR) is 163 cm³/mol. The van der Waals surface area contributed by atoms with Gasteiger partial charge >= 0.3 is 5.97 Å². The van der Waals surface area contributed by atoms with Crippen molar-refractivity contribution < 1.29 is 23.9 Å². The highest BCUT2D eigenvalue weighted by atomic mass is 32.1. The van der Waals surface area contributed by atoms with E-state index in [9.17, 15) is 14.4 Å². The molecule has 0 atom stereocenters. The zero-order valence-electron chi connectivity index (χ0n) is 24.2. The summed E-state index contributed by atoms with van der Waals surface area (Å²) in [7, 11) is 0. The van der Waals surface area contributed by atoms with E-state index in [0.717, 1.165) is 22.6 Å². The van der Waals surface area contributed by atoms with E-state index in [4.69, 9.17) is 14.5 Å². The lowest BCUT2D eigenvalue weighted by Gasteiger charge is -2.18. The standard InChI is InChI=1S/C32H35N3O5S/c1-7-35(8-2)31(37)28-20(6)27(32(38)40-19(4)5)30(41-28)34-29(36)24-18-26(33-25-13-11-10-12-23(24)25)21-14-16-22(17-15-21)39-9-3/h10-19H,7-9H2,1-6H3,(H,34,36). The van der Waals surface area contributed by atoms with E-state index < -0.39 is 11.9 Å². The van der Waals surface area contributed by atoms with Crippen molar-refractivity contribution in [1.82, 2.24) is 9.88 Å². The van der Waals surface area contributed by atoms with E-state index in [1.807, 2.05) is 69.3 Å². The van der Waals surface area contributed by atoms with Crippen LogP contribution in [0.25, 0.3) is 22.2 Å². The predicted octanol–water partition coefficient (Wildman–Crippen LogP) is 6.97. The third-order valence-electron chi connectivity index (χ3n) is 6.59. The summed E-state index contributed by atoms with van der Waals surface area (Å²) in [6, 6.07) is 16.7. The molecule has 41 heavy (non-hydrogen) atoms. The molecule has 0 saturated heterocycles. The monoisotopic (exact) mass is 573 g/mol. The third kappa shape index (κ3) is 6.41. The fourth-order valence-corrected chi connectivity index (χ4v) is 5.71. The lowest BCUT2D eigenvalue weighted by molar-refractivity contribution is 0.0379. The molecule has 2 aromatic heterocycles. The van der Waals surface area contributed by atoms with Gasteiger partial charge in [0.1, 0.15) is 10.8 Å². The number of hydrogen-bond donors (Lipinski definition) is 1. The molecule has 1 N–H and O–H groups in total. The molecular formula is C32H35N3O5S. The minimum absolute atomic E-state index is 0.191. The number of pyridine rings is 1. The Balaban J connectivity index is 1.79. The number of thiophene rings is 1. The van der Waals surface area contributed by atoms with Gasteiger partial charge in [0.2, 0.25) is 0 Å². The van der Waals surface area contributed by atoms with Crippen molar-refractivity contribution in [3.05, 3.63) is 76.2 Å². The first-order valence-electron chi connectivity index (χ1n) is 13.8. The van der Waals surface area contributed by atoms with Gasteiger partial charge in [-0.3, -0.25) is 9.59 Å². The van der Waals surface area contributed by atoms with E-state index in [2.05, 4.69) is 5.32 Å². The van der Waals surface area contributed by atoms with Gasteiger partial charge in [0.05, 0.1) is 39.9 Å². The Bertz CT molecular complexity index is 1570. The second kappa shape index (κ2) is 13.0. The highest BCUT2D eigenvalue weighted by molar-refractivity contribution is 7.18. The molecule has 0 aliphatic carbocycles. The number of fused-ring (bicyclic) bond motifs is 1. The quantitative estimate of drug-likeness (QED) is 0.206. The van der Waals surface area contributed by atoms with Crippen molar-refractivity contribution in [3.8, 4) is 17.0 Å². The topological polar surface area (TPSA) is 97.8 Å². The largest absolute Gasteiger partial charge is 0.494 e. The first-order chi connectivity index (χ1) is 19.7. The highest BCUT2D eigenvalue weighted by Crippen LogP contribution is 2.36. The number of nitrogens with one attached hydrogen (secondary N) is 1. The highest BCUT2D eigenvalue weighted by Gasteiger charge is 2.29. The van der Waals surface area contributed by atoms with Gasteiger partial charge in [0, 0.05) is 24.0 Å². The van der Waals surface area contributed by atoms with Crippen molar-refractivity contribution in [2.45, 2.75) is 47.6 Å². The van der Waals surface area contributed by atoms with Crippen molar-refractivity contribution in [3.63, 3.8) is 0 Å². The van der Waals surface area contributed by atoms with Gasteiger partial charge in [-0.2, -0.15) is 0 Å². The maximum absolute atomic E-state index is 13.9. The summed E-state index contributed by atoms with van der Waals surface area (Å²) < 4.78 is 11.1. The maximum Gasteiger partial charge on any atom is 0.341 e. The third-order valence-corrected chi connectivity index (χ3v) is 7.78. The van der Waals surface area contributed by atoms with Crippen molar-refractivity contribution >= 4 is 45.0 Å². The van der Waals surface area contributed by atoms with Crippen LogP contribution < -0.4 is 10.1 Å². The number of carbonyl (C=O) groups excluding carboxylic acids is 3. The lowest BCUT2D eigenvalue weighted by Crippen LogP contribution is -2.30. The van der Waals surface area contributed by atoms with Crippen LogP contribution in [0.1, 0.15) is 70.6 Å². The Morgan fingerprint density at radius 1 is 1.00 bits per heavy atom. The number of nitrogens with zero attached hydrogens (tertiary/aromatic N) is 2. The van der Waals surface area contributed by atoms with Crippen LogP contribution in [0.5, 0.6) is 5.75 Å². The SMILES string of the molecule is CCOc1ccc(-c2cc(C(=O)Nc3sc(C(=O)N(CC)CC)c(C)c3C(=O)OC(C)C)c3ccccc3n2)cc1. The Labute approximate surface area is 244 Å². The zero-order chi connectivity index (χ0) is 29.7. The minimum atomic E-state index is -0.586. The Morgan fingerprint density at radius 2 is 1.68 bits per heavy atom. The van der Waals surface area contributed by atoms with Gasteiger partial charge < -0.3 is 19.7 Å². The van der Waals surface area contributed by atoms with E-state index >= 15 is 0 Å². The number of anilines is 1. The molecule has 0 bridgehead atoms. The van der Waals surface area contributed by atoms with Gasteiger partial charge in [-0.25, -0.2) is 9.78 Å². The van der Waals surface area contributed by atoms with E-state index in [-0.39, 0.29) is 22.6 Å². The number of esters is 1. The fraction of sp³-hybridized carbons (Fsp3) is 0.312. The molecule has 0 radical (unpaired) electrons. The number of carbonyl (C=O) groups is 3. The van der Waals surface area contributed by atoms with Crippen LogP contribution >= 0.6 is 11.3 Å². The fourth-order valence-electron chi connectivity index (χ4n) is 4.55. The maximum atomic E-state index is 13.9. The van der Waals surface area contributed by atoms with Crippen LogP contribution in [-0.4, -0.2) is 53.5 Å². The van der Waals surface area contributed by atoms with Gasteiger partial charge in [-0.05, 0) is 83.5 Å². The summed E-state index contributed by atoms with van der Waals surface area (Å²) in [5.41, 5.74) is 3.18. The van der Waals surface area contributed by atoms with Crippen LogP contribution in [-0.2, 0) is 4.74 Å². The van der Waals surface area contributed by atoms with Gasteiger partial charge in [0.25, 0.3) is 11.8 Å². The normalized spacial score (nSPS) is 11.0. The summed E-state index contributed by atoms with van der Waals surface area (Å²) in [4.78, 5) is 47.2. The zero-order valence-corrected chi connectivity index (χ0v) is 25.1. The summed E-state index contributed by atoms with van der Waals surface area (Å²) in [5, 5.41) is 3.87. The van der Waals surface area contributed by atoms with E-state index in [1.165, 1.54) is 0 Å². The second-order valence-electron chi connectivity index (χ2n) is 9.68. The Hall–Kier alpha value is -4.24. The number of hydrogen-bond acceptors (Lipinski definition) is 7. The summed E-state index contributed by atoms with van der Waals surface area (Å²) >= 11 is 1.09. The van der Waals surface area contributed by atoms with Gasteiger partial charge in [-0.1, -0.05) is 18.2 Å². The summed E-state index contributed by atoms with van der Waals surface area (Å²) in [6.45, 7) is 12.6. The molecule has 2 amide bonds. The first kappa shape index (κ1) is 29.7. The first-order valence-corrected chi connectivity index (χ1v) is 14.6. The Kier molecular flexibility index (Phi) is 9.39. The molecule has 8 nitrogen and oxygen atoms in total. The number of benzene rings is 2. The summed E-state index contributed by atoms with van der Waals surface area (Å²) in [5.74, 6) is -0.447. The Morgan fingerprint density at radius 3 is 2.32 bits per heavy atom. The minimum Gasteiger partial charge on any atom is -0.494 e. The average Bonchev–Trinajstić information content (AvgIpc) is 3.28. The van der Waals surface area contributed by atoms with Crippen LogP contribution in [0.15, 0.2) is 54.6 Å². The molecule has 0 spiro atoms. The molecule has 2 aromatic carbocycles. The molecule has 2 heterocycles. The van der Waals surface area contributed by atoms with Crippen molar-refractivity contribution in [2.24, 2.45) is 0 Å². The van der Waals surface area contributed by atoms with Crippen LogP contribution in [0.3, 0.4) is 0 Å². The van der Waals surface area contributed by atoms with E-state index in [1.54, 1.807) is 31.7 Å². The molecule has 0 aliphatic heterocycles. The number of para-hydroxylation sites is 1. The molecule has 0 fully saturated rings. The smallest absolute Gasteiger partial charge is 0.341 e. The molecule has 0 unspecified atom stereocenters. The van der Waals surface area contributed by atoms with E-state index in [0.29, 0.717) is 52.3 Å². The lowest BCUT2D eigenvalue weighted by atomic mass is 10.0. The molecular weight excluding hydrogens is 538 g/mol.